The van der Waals surface area contributed by atoms with E-state index in [0.717, 1.165) is 10.0 Å². The molecule has 1 aromatic rings. The van der Waals surface area contributed by atoms with E-state index >= 15 is 0 Å². The Bertz CT molecular complexity index is 583. The van der Waals surface area contributed by atoms with E-state index in [2.05, 4.69) is 21.2 Å². The normalized spacial score (nSPS) is 21.8. The number of halogens is 1. The van der Waals surface area contributed by atoms with Crippen LogP contribution in [-0.4, -0.2) is 25.8 Å². The highest BCUT2D eigenvalue weighted by atomic mass is 79.9. The first-order chi connectivity index (χ1) is 8.37. The van der Waals surface area contributed by atoms with E-state index < -0.39 is 15.8 Å². The molecule has 2 rings (SSSR count). The lowest BCUT2D eigenvalue weighted by molar-refractivity contribution is -0.119. The molecule has 1 aromatic carbocycles. The highest BCUT2D eigenvalue weighted by Gasteiger charge is 2.33. The first kappa shape index (κ1) is 13.5. The zero-order valence-corrected chi connectivity index (χ0v) is 12.3. The second-order valence-corrected chi connectivity index (χ2v) is 7.66. The molecule has 18 heavy (non-hydrogen) atoms. The Labute approximate surface area is 115 Å². The molecule has 0 spiro atoms. The molecule has 1 amide bonds. The molecular weight excluding hydrogens is 318 g/mol. The summed E-state index contributed by atoms with van der Waals surface area (Å²) in [6.07, 6.45) is 0.414. The van der Waals surface area contributed by atoms with Crippen LogP contribution in [0.15, 0.2) is 22.7 Å². The minimum atomic E-state index is -3.02. The fraction of sp³-hybridized carbons (Fsp3) is 0.417. The molecule has 1 unspecified atom stereocenters. The molecule has 1 N–H and O–H groups in total. The van der Waals surface area contributed by atoms with E-state index in [-0.39, 0.29) is 17.4 Å². The number of carbonyl (C=O) groups excluding carboxylic acids is 1. The second kappa shape index (κ2) is 5.01. The van der Waals surface area contributed by atoms with Gasteiger partial charge in [0.1, 0.15) is 0 Å². The van der Waals surface area contributed by atoms with Gasteiger partial charge in [-0.3, -0.25) is 4.79 Å². The van der Waals surface area contributed by atoms with Crippen molar-refractivity contribution in [1.82, 2.24) is 0 Å². The topological polar surface area (TPSA) is 63.2 Å². The molecular formula is C12H14BrNO3S. The van der Waals surface area contributed by atoms with Gasteiger partial charge in [0.25, 0.3) is 0 Å². The largest absolute Gasteiger partial charge is 0.325 e. The molecule has 1 heterocycles. The van der Waals surface area contributed by atoms with E-state index in [9.17, 15) is 13.2 Å². The van der Waals surface area contributed by atoms with Crippen molar-refractivity contribution in [3.05, 3.63) is 28.2 Å². The van der Waals surface area contributed by atoms with Crippen LogP contribution in [0.5, 0.6) is 0 Å². The molecule has 4 nitrogen and oxygen atoms in total. The van der Waals surface area contributed by atoms with Crippen molar-refractivity contribution in [2.24, 2.45) is 5.92 Å². The summed E-state index contributed by atoms with van der Waals surface area (Å²) >= 11 is 3.37. The third-order valence-corrected chi connectivity index (χ3v) is 5.41. The molecule has 1 aliphatic heterocycles. The van der Waals surface area contributed by atoms with Crippen molar-refractivity contribution in [3.63, 3.8) is 0 Å². The van der Waals surface area contributed by atoms with E-state index in [0.29, 0.717) is 12.1 Å². The molecule has 0 bridgehead atoms. The summed E-state index contributed by atoms with van der Waals surface area (Å²) < 4.78 is 23.4. The Morgan fingerprint density at radius 2 is 2.17 bits per heavy atom. The van der Waals surface area contributed by atoms with Gasteiger partial charge in [0.05, 0.1) is 23.1 Å². The van der Waals surface area contributed by atoms with Crippen LogP contribution in [0.1, 0.15) is 12.0 Å². The summed E-state index contributed by atoms with van der Waals surface area (Å²) in [7, 11) is -3.02. The minimum Gasteiger partial charge on any atom is -0.325 e. The third kappa shape index (κ3) is 3.11. The zero-order chi connectivity index (χ0) is 13.3. The van der Waals surface area contributed by atoms with E-state index in [1.807, 2.05) is 19.1 Å². The third-order valence-electron chi connectivity index (χ3n) is 2.99. The number of hydrogen-bond acceptors (Lipinski definition) is 3. The summed E-state index contributed by atoms with van der Waals surface area (Å²) in [5, 5.41) is 2.77. The van der Waals surface area contributed by atoms with Crippen LogP contribution < -0.4 is 5.32 Å². The minimum absolute atomic E-state index is 0.0394. The molecule has 0 aliphatic carbocycles. The Hall–Kier alpha value is -0.880. The fourth-order valence-corrected chi connectivity index (χ4v) is 4.29. The van der Waals surface area contributed by atoms with Crippen LogP contribution in [-0.2, 0) is 14.6 Å². The van der Waals surface area contributed by atoms with Crippen LogP contribution >= 0.6 is 15.9 Å². The van der Waals surface area contributed by atoms with E-state index in [1.54, 1.807) is 6.07 Å². The van der Waals surface area contributed by atoms with Crippen molar-refractivity contribution in [2.45, 2.75) is 13.3 Å². The Morgan fingerprint density at radius 3 is 2.72 bits per heavy atom. The molecule has 1 atom stereocenters. The first-order valence-corrected chi connectivity index (χ1v) is 8.26. The van der Waals surface area contributed by atoms with E-state index in [1.165, 1.54) is 0 Å². The van der Waals surface area contributed by atoms with Crippen molar-refractivity contribution in [1.29, 1.82) is 0 Å². The summed E-state index contributed by atoms with van der Waals surface area (Å²) in [5.41, 5.74) is 1.76. The Balaban J connectivity index is 2.08. The highest BCUT2D eigenvalue weighted by molar-refractivity contribution is 9.10. The number of rotatable bonds is 2. The summed E-state index contributed by atoms with van der Waals surface area (Å²) in [6.45, 7) is 1.96. The monoisotopic (exact) mass is 331 g/mol. The van der Waals surface area contributed by atoms with Gasteiger partial charge in [0.2, 0.25) is 5.91 Å². The highest BCUT2D eigenvalue weighted by Crippen LogP contribution is 2.26. The summed E-state index contributed by atoms with van der Waals surface area (Å²) in [5.74, 6) is -0.577. The zero-order valence-electron chi connectivity index (χ0n) is 9.94. The van der Waals surface area contributed by atoms with Gasteiger partial charge in [-0.05, 0) is 47.0 Å². The number of aryl methyl sites for hydroxylation is 1. The molecule has 1 fully saturated rings. The predicted molar refractivity (Wildman–Crippen MR) is 74.3 cm³/mol. The van der Waals surface area contributed by atoms with Crippen molar-refractivity contribution in [3.8, 4) is 0 Å². The van der Waals surface area contributed by atoms with Crippen LogP contribution in [0.3, 0.4) is 0 Å². The summed E-state index contributed by atoms with van der Waals surface area (Å²) in [6, 6.07) is 5.60. The molecule has 0 aromatic heterocycles. The average molecular weight is 332 g/mol. The Kier molecular flexibility index (Phi) is 3.77. The SMILES string of the molecule is Cc1ccc(NC(=O)C2CCS(=O)(=O)C2)c(Br)c1. The first-order valence-electron chi connectivity index (χ1n) is 5.65. The Morgan fingerprint density at radius 1 is 1.44 bits per heavy atom. The molecule has 0 saturated carbocycles. The fourth-order valence-electron chi connectivity index (χ4n) is 1.96. The van der Waals surface area contributed by atoms with Crippen molar-refractivity contribution in [2.75, 3.05) is 16.8 Å². The number of sulfone groups is 1. The predicted octanol–water partition coefficient (Wildman–Crippen LogP) is 2.13. The van der Waals surface area contributed by atoms with Gasteiger partial charge < -0.3 is 5.32 Å². The van der Waals surface area contributed by atoms with Crippen LogP contribution in [0, 0.1) is 12.8 Å². The number of anilines is 1. The van der Waals surface area contributed by atoms with Gasteiger partial charge in [-0.25, -0.2) is 8.42 Å². The maximum absolute atomic E-state index is 11.9. The van der Waals surface area contributed by atoms with Crippen molar-refractivity contribution >= 4 is 37.4 Å². The molecule has 1 saturated heterocycles. The van der Waals surface area contributed by atoms with Gasteiger partial charge >= 0.3 is 0 Å². The average Bonchev–Trinajstić information content (AvgIpc) is 2.63. The number of carbonyl (C=O) groups is 1. The molecule has 1 aliphatic rings. The smallest absolute Gasteiger partial charge is 0.228 e. The lowest BCUT2D eigenvalue weighted by atomic mass is 10.1. The van der Waals surface area contributed by atoms with Gasteiger partial charge in [-0.15, -0.1) is 0 Å². The van der Waals surface area contributed by atoms with E-state index in [4.69, 9.17) is 0 Å². The lowest BCUT2D eigenvalue weighted by Crippen LogP contribution is -2.23. The van der Waals surface area contributed by atoms with Gasteiger partial charge in [0, 0.05) is 4.47 Å². The lowest BCUT2D eigenvalue weighted by Gasteiger charge is -2.11. The maximum Gasteiger partial charge on any atom is 0.228 e. The standard InChI is InChI=1S/C12H14BrNO3S/c1-8-2-3-11(10(13)6-8)14-12(15)9-4-5-18(16,17)7-9/h2-3,6,9H,4-5,7H2,1H3,(H,14,15). The summed E-state index contributed by atoms with van der Waals surface area (Å²) in [4.78, 5) is 11.9. The quantitative estimate of drug-likeness (QED) is 0.902. The van der Waals surface area contributed by atoms with Crippen LogP contribution in [0.4, 0.5) is 5.69 Å². The van der Waals surface area contributed by atoms with Crippen molar-refractivity contribution < 1.29 is 13.2 Å². The second-order valence-electron chi connectivity index (χ2n) is 4.57. The number of hydrogen-bond donors (Lipinski definition) is 1. The molecule has 0 radical (unpaired) electrons. The van der Waals surface area contributed by atoms with Gasteiger partial charge in [0.15, 0.2) is 9.84 Å². The van der Waals surface area contributed by atoms with Crippen LogP contribution in [0.2, 0.25) is 0 Å². The molecule has 6 heteroatoms. The number of nitrogens with one attached hydrogen (secondary N) is 1. The van der Waals surface area contributed by atoms with Gasteiger partial charge in [-0.2, -0.15) is 0 Å². The number of benzene rings is 1. The molecule has 98 valence electrons. The maximum atomic E-state index is 11.9. The van der Waals surface area contributed by atoms with Crippen LogP contribution in [0.25, 0.3) is 0 Å². The number of amides is 1. The van der Waals surface area contributed by atoms with Gasteiger partial charge in [-0.1, -0.05) is 6.07 Å².